The zero-order valence-electron chi connectivity index (χ0n) is 16.2. The van der Waals surface area contributed by atoms with Gasteiger partial charge in [-0.3, -0.25) is 4.79 Å². The van der Waals surface area contributed by atoms with Gasteiger partial charge in [0.15, 0.2) is 6.61 Å². The highest BCUT2D eigenvalue weighted by Crippen LogP contribution is 2.29. The summed E-state index contributed by atoms with van der Waals surface area (Å²) in [6.45, 7) is 3.91. The standard InChI is InChI=1S/C19H22Cl2N2O5S/c1-4-23(5-2)29(25,26)14-7-9-18(16(21)11-14)28-12-19(24)22-13-6-8-17(27-3)15(20)10-13/h6-11H,4-5,12H2,1-3H3,(H,22,24). The molecule has 10 heteroatoms. The summed E-state index contributed by atoms with van der Waals surface area (Å²) in [6.07, 6.45) is 0. The number of hydrogen-bond acceptors (Lipinski definition) is 5. The van der Waals surface area contributed by atoms with Crippen molar-refractivity contribution in [3.8, 4) is 11.5 Å². The summed E-state index contributed by atoms with van der Waals surface area (Å²) in [7, 11) is -2.14. The van der Waals surface area contributed by atoms with Crippen LogP contribution in [0.4, 0.5) is 5.69 Å². The minimum atomic E-state index is -3.63. The highest BCUT2D eigenvalue weighted by molar-refractivity contribution is 7.89. The number of methoxy groups -OCH3 is 1. The van der Waals surface area contributed by atoms with Crippen LogP contribution in [-0.4, -0.2) is 45.4 Å². The third-order valence-corrected chi connectivity index (χ3v) is 6.68. The molecule has 0 aliphatic carbocycles. The Bertz CT molecular complexity index is 979. The molecular weight excluding hydrogens is 439 g/mol. The minimum Gasteiger partial charge on any atom is -0.495 e. The number of nitrogens with zero attached hydrogens (tertiary/aromatic N) is 1. The van der Waals surface area contributed by atoms with Crippen LogP contribution in [0.3, 0.4) is 0 Å². The molecular formula is C19H22Cl2N2O5S. The topological polar surface area (TPSA) is 84.9 Å². The van der Waals surface area contributed by atoms with Crippen molar-refractivity contribution in [1.82, 2.24) is 4.31 Å². The molecule has 2 aromatic carbocycles. The number of anilines is 1. The molecule has 0 fully saturated rings. The lowest BCUT2D eigenvalue weighted by Gasteiger charge is -2.19. The van der Waals surface area contributed by atoms with E-state index >= 15 is 0 Å². The Morgan fingerprint density at radius 2 is 1.66 bits per heavy atom. The monoisotopic (exact) mass is 460 g/mol. The van der Waals surface area contributed by atoms with Gasteiger partial charge in [-0.1, -0.05) is 37.0 Å². The number of carbonyl (C=O) groups is 1. The molecule has 1 amide bonds. The predicted molar refractivity (Wildman–Crippen MR) is 114 cm³/mol. The summed E-state index contributed by atoms with van der Waals surface area (Å²) < 4.78 is 36.9. The maximum atomic E-state index is 12.5. The van der Waals surface area contributed by atoms with Crippen molar-refractivity contribution >= 4 is 44.8 Å². The molecule has 7 nitrogen and oxygen atoms in total. The maximum Gasteiger partial charge on any atom is 0.262 e. The smallest absolute Gasteiger partial charge is 0.262 e. The van der Waals surface area contributed by atoms with E-state index in [0.29, 0.717) is 29.5 Å². The van der Waals surface area contributed by atoms with Gasteiger partial charge in [-0.2, -0.15) is 4.31 Å². The number of ether oxygens (including phenoxy) is 2. The van der Waals surface area contributed by atoms with Crippen molar-refractivity contribution in [2.75, 3.05) is 32.1 Å². The molecule has 0 aliphatic heterocycles. The second kappa shape index (κ2) is 10.2. The minimum absolute atomic E-state index is 0.0656. The van der Waals surface area contributed by atoms with E-state index in [1.54, 1.807) is 32.0 Å². The predicted octanol–water partition coefficient (Wildman–Crippen LogP) is 4.05. The second-order valence-electron chi connectivity index (χ2n) is 5.87. The van der Waals surface area contributed by atoms with E-state index in [9.17, 15) is 13.2 Å². The molecule has 0 saturated carbocycles. The number of halogens is 2. The largest absolute Gasteiger partial charge is 0.495 e. The third kappa shape index (κ3) is 5.76. The van der Waals surface area contributed by atoms with Crippen molar-refractivity contribution in [1.29, 1.82) is 0 Å². The van der Waals surface area contributed by atoms with Gasteiger partial charge in [0.2, 0.25) is 10.0 Å². The van der Waals surface area contributed by atoms with Gasteiger partial charge in [0.05, 0.1) is 22.1 Å². The molecule has 0 bridgehead atoms. The normalized spacial score (nSPS) is 11.4. The van der Waals surface area contributed by atoms with Gasteiger partial charge in [0, 0.05) is 18.8 Å². The Morgan fingerprint density at radius 1 is 1.03 bits per heavy atom. The maximum absolute atomic E-state index is 12.5. The third-order valence-electron chi connectivity index (χ3n) is 4.04. The molecule has 0 heterocycles. The van der Waals surface area contributed by atoms with Gasteiger partial charge in [0.25, 0.3) is 5.91 Å². The summed E-state index contributed by atoms with van der Waals surface area (Å²) >= 11 is 12.2. The quantitative estimate of drug-likeness (QED) is 0.609. The Hall–Kier alpha value is -2.00. The Labute approximate surface area is 180 Å². The van der Waals surface area contributed by atoms with Gasteiger partial charge in [0.1, 0.15) is 11.5 Å². The molecule has 158 valence electrons. The van der Waals surface area contributed by atoms with Gasteiger partial charge < -0.3 is 14.8 Å². The van der Waals surface area contributed by atoms with E-state index in [2.05, 4.69) is 5.32 Å². The van der Waals surface area contributed by atoms with E-state index in [0.717, 1.165) is 0 Å². The summed E-state index contributed by atoms with van der Waals surface area (Å²) in [5.74, 6) is 0.266. The molecule has 0 spiro atoms. The van der Waals surface area contributed by atoms with Gasteiger partial charge in [-0.05, 0) is 36.4 Å². The van der Waals surface area contributed by atoms with E-state index in [-0.39, 0.29) is 22.3 Å². The lowest BCUT2D eigenvalue weighted by Crippen LogP contribution is -2.30. The van der Waals surface area contributed by atoms with Crippen LogP contribution >= 0.6 is 23.2 Å². The fourth-order valence-electron chi connectivity index (χ4n) is 2.56. The van der Waals surface area contributed by atoms with Crippen LogP contribution in [0.2, 0.25) is 10.0 Å². The number of hydrogen-bond donors (Lipinski definition) is 1. The molecule has 29 heavy (non-hydrogen) atoms. The number of carbonyl (C=O) groups excluding carboxylic acids is 1. The van der Waals surface area contributed by atoms with Crippen LogP contribution in [0.1, 0.15) is 13.8 Å². The molecule has 0 radical (unpaired) electrons. The zero-order chi connectivity index (χ0) is 21.6. The molecule has 1 N–H and O–H groups in total. The lowest BCUT2D eigenvalue weighted by molar-refractivity contribution is -0.118. The summed E-state index contributed by atoms with van der Waals surface area (Å²) in [5, 5.41) is 3.10. The van der Waals surface area contributed by atoms with Crippen molar-refractivity contribution in [3.05, 3.63) is 46.4 Å². The molecule has 0 aliphatic rings. The van der Waals surface area contributed by atoms with Crippen LogP contribution in [0, 0.1) is 0 Å². The highest BCUT2D eigenvalue weighted by Gasteiger charge is 2.22. The molecule has 2 rings (SSSR count). The van der Waals surface area contributed by atoms with E-state index in [1.807, 2.05) is 0 Å². The molecule has 0 aromatic heterocycles. The molecule has 0 unspecified atom stereocenters. The number of nitrogens with one attached hydrogen (secondary N) is 1. The fourth-order valence-corrected chi connectivity index (χ4v) is 4.60. The van der Waals surface area contributed by atoms with Crippen LogP contribution in [-0.2, 0) is 14.8 Å². The first-order chi connectivity index (χ1) is 13.7. The molecule has 0 saturated heterocycles. The number of amides is 1. The summed E-state index contributed by atoms with van der Waals surface area (Å²) in [6, 6.07) is 8.96. The fraction of sp³-hybridized carbons (Fsp3) is 0.316. The zero-order valence-corrected chi connectivity index (χ0v) is 18.6. The number of rotatable bonds is 9. The van der Waals surface area contributed by atoms with Crippen LogP contribution < -0.4 is 14.8 Å². The lowest BCUT2D eigenvalue weighted by atomic mass is 10.3. The second-order valence-corrected chi connectivity index (χ2v) is 8.62. The summed E-state index contributed by atoms with van der Waals surface area (Å²) in [4.78, 5) is 12.2. The van der Waals surface area contributed by atoms with Crippen LogP contribution in [0.25, 0.3) is 0 Å². The number of benzene rings is 2. The van der Waals surface area contributed by atoms with E-state index in [4.69, 9.17) is 32.7 Å². The van der Waals surface area contributed by atoms with Gasteiger partial charge in [-0.15, -0.1) is 0 Å². The van der Waals surface area contributed by atoms with Gasteiger partial charge >= 0.3 is 0 Å². The van der Waals surface area contributed by atoms with Crippen molar-refractivity contribution in [2.24, 2.45) is 0 Å². The molecule has 2 aromatic rings. The average Bonchev–Trinajstić information content (AvgIpc) is 2.68. The first-order valence-electron chi connectivity index (χ1n) is 8.78. The highest BCUT2D eigenvalue weighted by atomic mass is 35.5. The first kappa shape index (κ1) is 23.3. The Morgan fingerprint density at radius 3 is 2.21 bits per heavy atom. The molecule has 0 atom stereocenters. The Balaban J connectivity index is 2.04. The van der Waals surface area contributed by atoms with E-state index < -0.39 is 15.9 Å². The van der Waals surface area contributed by atoms with Crippen LogP contribution in [0.5, 0.6) is 11.5 Å². The average molecular weight is 461 g/mol. The Kier molecular flexibility index (Phi) is 8.15. The SMILES string of the molecule is CCN(CC)S(=O)(=O)c1ccc(OCC(=O)Nc2ccc(OC)c(Cl)c2)c(Cl)c1. The van der Waals surface area contributed by atoms with Crippen molar-refractivity contribution in [3.63, 3.8) is 0 Å². The van der Waals surface area contributed by atoms with Crippen molar-refractivity contribution < 1.29 is 22.7 Å². The van der Waals surface area contributed by atoms with Crippen molar-refractivity contribution in [2.45, 2.75) is 18.7 Å². The van der Waals surface area contributed by atoms with Crippen LogP contribution in [0.15, 0.2) is 41.3 Å². The first-order valence-corrected chi connectivity index (χ1v) is 11.0. The van der Waals surface area contributed by atoms with E-state index in [1.165, 1.54) is 29.6 Å². The summed E-state index contributed by atoms with van der Waals surface area (Å²) in [5.41, 5.74) is 0.483. The van der Waals surface area contributed by atoms with Gasteiger partial charge in [-0.25, -0.2) is 8.42 Å². The number of sulfonamides is 1.